The Morgan fingerprint density at radius 1 is 1.35 bits per heavy atom. The third kappa shape index (κ3) is 2.80. The van der Waals surface area contributed by atoms with E-state index in [4.69, 9.17) is 14.6 Å². The number of rotatable bonds is 6. The minimum Gasteiger partial charge on any atom is -0.496 e. The van der Waals surface area contributed by atoms with E-state index in [1.165, 1.54) is 7.11 Å². The predicted molar refractivity (Wildman–Crippen MR) is 75.2 cm³/mol. The van der Waals surface area contributed by atoms with Crippen molar-refractivity contribution in [1.29, 1.82) is 0 Å². The summed E-state index contributed by atoms with van der Waals surface area (Å²) < 4.78 is 10.2. The molecule has 6 nitrogen and oxygen atoms in total. The van der Waals surface area contributed by atoms with Crippen LogP contribution in [-0.4, -0.2) is 42.9 Å². The van der Waals surface area contributed by atoms with Crippen LogP contribution in [0.2, 0.25) is 0 Å². The van der Waals surface area contributed by atoms with Gasteiger partial charge >= 0.3 is 5.97 Å². The average molecular weight is 276 g/mol. The van der Waals surface area contributed by atoms with E-state index in [1.807, 2.05) is 24.3 Å². The summed E-state index contributed by atoms with van der Waals surface area (Å²) in [6.07, 6.45) is 1.61. The molecule has 0 aliphatic rings. The second-order valence-electron chi connectivity index (χ2n) is 4.21. The molecule has 20 heavy (non-hydrogen) atoms. The first-order valence-electron chi connectivity index (χ1n) is 6.07. The van der Waals surface area contributed by atoms with E-state index in [9.17, 15) is 4.79 Å². The zero-order valence-corrected chi connectivity index (χ0v) is 11.3. The maximum atomic E-state index is 11.2. The molecule has 1 heterocycles. The van der Waals surface area contributed by atoms with Crippen molar-refractivity contribution in [3.05, 3.63) is 30.5 Å². The second-order valence-corrected chi connectivity index (χ2v) is 4.21. The van der Waals surface area contributed by atoms with Crippen molar-refractivity contribution in [2.45, 2.75) is 6.04 Å². The molecule has 0 saturated carbocycles. The molecular weight excluding hydrogens is 260 g/mol. The number of pyridine rings is 1. The van der Waals surface area contributed by atoms with E-state index in [2.05, 4.69) is 10.3 Å². The predicted octanol–water partition coefficient (Wildman–Crippen LogP) is 1.75. The summed E-state index contributed by atoms with van der Waals surface area (Å²) in [7, 11) is 3.05. The Labute approximate surface area is 116 Å². The average Bonchev–Trinajstić information content (AvgIpc) is 2.46. The first-order valence-corrected chi connectivity index (χ1v) is 6.07. The summed E-state index contributed by atoms with van der Waals surface area (Å²) >= 11 is 0. The van der Waals surface area contributed by atoms with Gasteiger partial charge in [-0.25, -0.2) is 9.78 Å². The molecule has 2 N–H and O–H groups in total. The maximum absolute atomic E-state index is 11.2. The van der Waals surface area contributed by atoms with E-state index in [0.717, 1.165) is 10.8 Å². The Morgan fingerprint density at radius 3 is 2.80 bits per heavy atom. The molecule has 2 aromatic rings. The highest BCUT2D eigenvalue weighted by atomic mass is 16.5. The topological polar surface area (TPSA) is 80.7 Å². The number of hydrogen-bond acceptors (Lipinski definition) is 5. The van der Waals surface area contributed by atoms with Crippen LogP contribution in [0.4, 0.5) is 5.82 Å². The van der Waals surface area contributed by atoms with Crippen LogP contribution in [0.5, 0.6) is 5.75 Å². The van der Waals surface area contributed by atoms with Crippen molar-refractivity contribution < 1.29 is 19.4 Å². The van der Waals surface area contributed by atoms with Crippen LogP contribution in [0, 0.1) is 0 Å². The second kappa shape index (κ2) is 6.21. The number of benzene rings is 1. The summed E-state index contributed by atoms with van der Waals surface area (Å²) in [5.41, 5.74) is 0. The molecule has 0 saturated heterocycles. The molecule has 0 fully saturated rings. The van der Waals surface area contributed by atoms with E-state index in [1.54, 1.807) is 13.3 Å². The molecule has 0 spiro atoms. The number of carboxylic acids is 1. The highest BCUT2D eigenvalue weighted by molar-refractivity contribution is 5.96. The zero-order chi connectivity index (χ0) is 14.5. The molecule has 0 aliphatic carbocycles. The fourth-order valence-corrected chi connectivity index (χ4v) is 1.98. The summed E-state index contributed by atoms with van der Waals surface area (Å²) in [6.45, 7) is 0.0529. The van der Waals surface area contributed by atoms with Gasteiger partial charge < -0.3 is 19.9 Å². The van der Waals surface area contributed by atoms with Crippen molar-refractivity contribution in [3.63, 3.8) is 0 Å². The number of fused-ring (bicyclic) bond motifs is 1. The number of anilines is 1. The molecule has 1 aromatic carbocycles. The van der Waals surface area contributed by atoms with Crippen LogP contribution in [0.1, 0.15) is 0 Å². The molecule has 0 bridgehead atoms. The summed E-state index contributed by atoms with van der Waals surface area (Å²) in [4.78, 5) is 15.4. The summed E-state index contributed by atoms with van der Waals surface area (Å²) in [5, 5.41) is 13.7. The highest BCUT2D eigenvalue weighted by Gasteiger charge is 2.18. The van der Waals surface area contributed by atoms with Gasteiger partial charge in [0.1, 0.15) is 17.6 Å². The van der Waals surface area contributed by atoms with Gasteiger partial charge in [-0.1, -0.05) is 12.1 Å². The lowest BCUT2D eigenvalue weighted by atomic mass is 10.1. The van der Waals surface area contributed by atoms with Gasteiger partial charge in [0.2, 0.25) is 0 Å². The first kappa shape index (κ1) is 14.1. The minimum atomic E-state index is -0.992. The number of carbonyl (C=O) groups is 1. The van der Waals surface area contributed by atoms with Gasteiger partial charge in [-0.2, -0.15) is 0 Å². The molecule has 2 rings (SSSR count). The smallest absolute Gasteiger partial charge is 0.328 e. The number of aromatic nitrogens is 1. The SMILES string of the molecule is COCC(Nc1nccc2c(OC)cccc12)C(=O)O. The quantitative estimate of drug-likeness (QED) is 0.836. The van der Waals surface area contributed by atoms with Crippen molar-refractivity contribution in [3.8, 4) is 5.75 Å². The lowest BCUT2D eigenvalue weighted by Crippen LogP contribution is -2.34. The van der Waals surface area contributed by atoms with E-state index < -0.39 is 12.0 Å². The number of carboxylic acid groups (broad SMARTS) is 1. The van der Waals surface area contributed by atoms with Crippen LogP contribution in [0.25, 0.3) is 10.8 Å². The van der Waals surface area contributed by atoms with E-state index >= 15 is 0 Å². The Morgan fingerprint density at radius 2 is 2.15 bits per heavy atom. The normalized spacial score (nSPS) is 12.1. The molecule has 106 valence electrons. The lowest BCUT2D eigenvalue weighted by Gasteiger charge is -2.16. The minimum absolute atomic E-state index is 0.0529. The zero-order valence-electron chi connectivity index (χ0n) is 11.3. The Balaban J connectivity index is 2.41. The third-order valence-electron chi connectivity index (χ3n) is 2.93. The van der Waals surface area contributed by atoms with Crippen LogP contribution in [0.15, 0.2) is 30.5 Å². The molecule has 1 unspecified atom stereocenters. The van der Waals surface area contributed by atoms with Gasteiger partial charge in [-0.15, -0.1) is 0 Å². The molecule has 1 atom stereocenters. The third-order valence-corrected chi connectivity index (χ3v) is 2.93. The van der Waals surface area contributed by atoms with Crippen molar-refractivity contribution >= 4 is 22.6 Å². The molecule has 0 radical (unpaired) electrons. The molecule has 0 amide bonds. The van der Waals surface area contributed by atoms with Gasteiger partial charge in [-0.05, 0) is 12.1 Å². The van der Waals surface area contributed by atoms with Crippen LogP contribution in [0.3, 0.4) is 0 Å². The number of nitrogens with zero attached hydrogens (tertiary/aromatic N) is 1. The standard InChI is InChI=1S/C14H16N2O4/c1-19-8-11(14(17)18)16-13-10-4-3-5-12(20-2)9(10)6-7-15-13/h3-7,11H,8H2,1-2H3,(H,15,16)(H,17,18). The monoisotopic (exact) mass is 276 g/mol. The van der Waals surface area contributed by atoms with Gasteiger partial charge in [0, 0.05) is 24.1 Å². The Hall–Kier alpha value is -2.34. The Kier molecular flexibility index (Phi) is 4.37. The maximum Gasteiger partial charge on any atom is 0.328 e. The number of methoxy groups -OCH3 is 2. The van der Waals surface area contributed by atoms with Crippen LogP contribution >= 0.6 is 0 Å². The summed E-state index contributed by atoms with van der Waals surface area (Å²) in [6, 6.07) is 6.50. The molecule has 0 aliphatic heterocycles. The number of ether oxygens (including phenoxy) is 2. The molecule has 6 heteroatoms. The van der Waals surface area contributed by atoms with Gasteiger partial charge in [0.15, 0.2) is 0 Å². The van der Waals surface area contributed by atoms with E-state index in [-0.39, 0.29) is 6.61 Å². The van der Waals surface area contributed by atoms with Crippen molar-refractivity contribution in [1.82, 2.24) is 4.98 Å². The molecular formula is C14H16N2O4. The van der Waals surface area contributed by atoms with Gasteiger partial charge in [0.05, 0.1) is 13.7 Å². The number of hydrogen-bond donors (Lipinski definition) is 2. The molecule has 1 aromatic heterocycles. The highest BCUT2D eigenvalue weighted by Crippen LogP contribution is 2.29. The Bertz CT molecular complexity index is 615. The lowest BCUT2D eigenvalue weighted by molar-refractivity contribution is -0.139. The van der Waals surface area contributed by atoms with Crippen molar-refractivity contribution in [2.75, 3.05) is 26.1 Å². The van der Waals surface area contributed by atoms with Crippen LogP contribution < -0.4 is 10.1 Å². The van der Waals surface area contributed by atoms with E-state index in [0.29, 0.717) is 11.6 Å². The fraction of sp³-hybridized carbons (Fsp3) is 0.286. The fourth-order valence-electron chi connectivity index (χ4n) is 1.98. The number of nitrogens with one attached hydrogen (secondary N) is 1. The van der Waals surface area contributed by atoms with Gasteiger partial charge in [0.25, 0.3) is 0 Å². The van der Waals surface area contributed by atoms with Crippen molar-refractivity contribution in [2.24, 2.45) is 0 Å². The largest absolute Gasteiger partial charge is 0.496 e. The summed E-state index contributed by atoms with van der Waals surface area (Å²) in [5.74, 6) is 0.214. The first-order chi connectivity index (χ1) is 9.67. The van der Waals surface area contributed by atoms with Gasteiger partial charge in [-0.3, -0.25) is 0 Å². The number of aliphatic carboxylic acids is 1. The van der Waals surface area contributed by atoms with Crippen LogP contribution in [-0.2, 0) is 9.53 Å².